The lowest BCUT2D eigenvalue weighted by atomic mass is 10.1. The van der Waals surface area contributed by atoms with Crippen LogP contribution in [-0.4, -0.2) is 18.4 Å². The Hall–Kier alpha value is -2.69. The van der Waals surface area contributed by atoms with Gasteiger partial charge in [0.25, 0.3) is 0 Å². The fourth-order valence-electron chi connectivity index (χ4n) is 2.63. The topological polar surface area (TPSA) is 49.4 Å². The van der Waals surface area contributed by atoms with Crippen LogP contribution in [0.3, 0.4) is 0 Å². The van der Waals surface area contributed by atoms with Gasteiger partial charge >= 0.3 is 0 Å². The molecule has 5 heteroatoms. The smallest absolute Gasteiger partial charge is 0.229 e. The number of hydrogen-bond acceptors (Lipinski definition) is 2. The number of carbonyl (C=O) groups is 2. The van der Waals surface area contributed by atoms with E-state index >= 15 is 0 Å². The molecule has 118 valence electrons. The quantitative estimate of drug-likeness (QED) is 0.946. The first-order valence-electron chi connectivity index (χ1n) is 7.46. The molecule has 4 nitrogen and oxygen atoms in total. The predicted octanol–water partition coefficient (Wildman–Crippen LogP) is 3.13. The highest BCUT2D eigenvalue weighted by molar-refractivity contribution is 6.03. The van der Waals surface area contributed by atoms with Crippen molar-refractivity contribution in [2.75, 3.05) is 16.8 Å². The molecule has 1 atom stereocenters. The number of rotatable bonds is 3. The third-order valence-corrected chi connectivity index (χ3v) is 3.95. The number of aryl methyl sites for hydroxylation is 1. The largest absolute Gasteiger partial charge is 0.326 e. The van der Waals surface area contributed by atoms with Crippen molar-refractivity contribution in [2.45, 2.75) is 13.3 Å². The standard InChI is InChI=1S/C18H17FN2O2/c1-12-2-6-15(7-3-12)20-18(23)13-10-17(22)21(11-13)16-8-4-14(19)5-9-16/h2-9,13H,10-11H2,1H3,(H,20,23)/t13-/m1/s1. The lowest BCUT2D eigenvalue weighted by molar-refractivity contribution is -0.122. The minimum atomic E-state index is -0.408. The Balaban J connectivity index is 1.68. The molecular formula is C18H17FN2O2. The van der Waals surface area contributed by atoms with Gasteiger partial charge in [0.1, 0.15) is 5.82 Å². The van der Waals surface area contributed by atoms with Gasteiger partial charge in [-0.3, -0.25) is 9.59 Å². The Kier molecular flexibility index (Phi) is 4.10. The summed E-state index contributed by atoms with van der Waals surface area (Å²) >= 11 is 0. The highest BCUT2D eigenvalue weighted by Crippen LogP contribution is 2.26. The van der Waals surface area contributed by atoms with Crippen LogP contribution in [0.15, 0.2) is 48.5 Å². The molecule has 0 spiro atoms. The predicted molar refractivity (Wildman–Crippen MR) is 86.7 cm³/mol. The molecule has 1 heterocycles. The van der Waals surface area contributed by atoms with Crippen LogP contribution in [-0.2, 0) is 9.59 Å². The van der Waals surface area contributed by atoms with Crippen molar-refractivity contribution in [3.05, 3.63) is 59.9 Å². The van der Waals surface area contributed by atoms with Gasteiger partial charge in [-0.2, -0.15) is 0 Å². The van der Waals surface area contributed by atoms with Gasteiger partial charge < -0.3 is 10.2 Å². The lowest BCUT2D eigenvalue weighted by Crippen LogP contribution is -2.28. The van der Waals surface area contributed by atoms with Crippen LogP contribution in [0.1, 0.15) is 12.0 Å². The molecule has 0 aliphatic carbocycles. The van der Waals surface area contributed by atoms with E-state index in [1.165, 1.54) is 17.0 Å². The fourth-order valence-corrected chi connectivity index (χ4v) is 2.63. The average Bonchev–Trinajstić information content (AvgIpc) is 2.92. The summed E-state index contributed by atoms with van der Waals surface area (Å²) in [6.45, 7) is 2.28. The number of carbonyl (C=O) groups excluding carboxylic acids is 2. The van der Waals surface area contributed by atoms with Crippen LogP contribution in [0.5, 0.6) is 0 Å². The van der Waals surface area contributed by atoms with E-state index in [1.54, 1.807) is 12.1 Å². The van der Waals surface area contributed by atoms with Crippen molar-refractivity contribution in [1.82, 2.24) is 0 Å². The minimum absolute atomic E-state index is 0.124. The molecule has 0 saturated carbocycles. The van der Waals surface area contributed by atoms with Crippen LogP contribution < -0.4 is 10.2 Å². The molecule has 0 aromatic heterocycles. The zero-order valence-electron chi connectivity index (χ0n) is 12.8. The molecule has 1 aliphatic rings. The Morgan fingerprint density at radius 1 is 1.13 bits per heavy atom. The second-order valence-electron chi connectivity index (χ2n) is 5.74. The summed E-state index contributed by atoms with van der Waals surface area (Å²) < 4.78 is 13.0. The molecule has 1 fully saturated rings. The van der Waals surface area contributed by atoms with E-state index in [9.17, 15) is 14.0 Å². The molecule has 23 heavy (non-hydrogen) atoms. The third-order valence-electron chi connectivity index (χ3n) is 3.95. The maximum absolute atomic E-state index is 13.0. The molecule has 2 aromatic rings. The number of benzene rings is 2. The molecule has 2 amide bonds. The summed E-state index contributed by atoms with van der Waals surface area (Å²) in [5.41, 5.74) is 2.44. The van der Waals surface area contributed by atoms with E-state index in [4.69, 9.17) is 0 Å². The molecular weight excluding hydrogens is 295 g/mol. The van der Waals surface area contributed by atoms with E-state index in [0.717, 1.165) is 5.56 Å². The van der Waals surface area contributed by atoms with E-state index in [0.29, 0.717) is 17.9 Å². The molecule has 1 N–H and O–H groups in total. The SMILES string of the molecule is Cc1ccc(NC(=O)[C@@H]2CC(=O)N(c3ccc(F)cc3)C2)cc1. The fraction of sp³-hybridized carbons (Fsp3) is 0.222. The first-order valence-corrected chi connectivity index (χ1v) is 7.46. The number of nitrogens with one attached hydrogen (secondary N) is 1. The zero-order valence-corrected chi connectivity index (χ0v) is 12.8. The van der Waals surface area contributed by atoms with Gasteiger partial charge in [-0.15, -0.1) is 0 Å². The molecule has 0 bridgehead atoms. The number of hydrogen-bond donors (Lipinski definition) is 1. The van der Waals surface area contributed by atoms with Crippen molar-refractivity contribution in [3.8, 4) is 0 Å². The highest BCUT2D eigenvalue weighted by atomic mass is 19.1. The highest BCUT2D eigenvalue weighted by Gasteiger charge is 2.35. The van der Waals surface area contributed by atoms with Crippen molar-refractivity contribution in [3.63, 3.8) is 0 Å². The van der Waals surface area contributed by atoms with Gasteiger partial charge in [0, 0.05) is 24.3 Å². The molecule has 1 saturated heterocycles. The number of nitrogens with zero attached hydrogens (tertiary/aromatic N) is 1. The first kappa shape index (κ1) is 15.2. The summed E-state index contributed by atoms with van der Waals surface area (Å²) in [4.78, 5) is 26.0. The van der Waals surface area contributed by atoms with Crippen LogP contribution in [0.2, 0.25) is 0 Å². The van der Waals surface area contributed by atoms with Gasteiger partial charge in [0.05, 0.1) is 5.92 Å². The second kappa shape index (κ2) is 6.20. The molecule has 2 aromatic carbocycles. The number of amides is 2. The molecule has 1 aliphatic heterocycles. The van der Waals surface area contributed by atoms with E-state index in [1.807, 2.05) is 31.2 Å². The normalized spacial score (nSPS) is 17.4. The lowest BCUT2D eigenvalue weighted by Gasteiger charge is -2.16. The third kappa shape index (κ3) is 3.39. The Bertz CT molecular complexity index is 726. The minimum Gasteiger partial charge on any atom is -0.326 e. The van der Waals surface area contributed by atoms with E-state index < -0.39 is 5.92 Å². The van der Waals surface area contributed by atoms with Gasteiger partial charge in [-0.05, 0) is 43.3 Å². The van der Waals surface area contributed by atoms with Crippen LogP contribution >= 0.6 is 0 Å². The first-order chi connectivity index (χ1) is 11.0. The summed E-state index contributed by atoms with van der Waals surface area (Å²) in [5.74, 6) is -1.06. The van der Waals surface area contributed by atoms with Crippen molar-refractivity contribution in [2.24, 2.45) is 5.92 Å². The van der Waals surface area contributed by atoms with Crippen molar-refractivity contribution >= 4 is 23.2 Å². The molecule has 0 unspecified atom stereocenters. The van der Waals surface area contributed by atoms with E-state index in [-0.39, 0.29) is 24.1 Å². The Morgan fingerprint density at radius 2 is 1.78 bits per heavy atom. The number of halogens is 1. The van der Waals surface area contributed by atoms with Crippen molar-refractivity contribution < 1.29 is 14.0 Å². The van der Waals surface area contributed by atoms with Crippen LogP contribution in [0.25, 0.3) is 0 Å². The van der Waals surface area contributed by atoms with Gasteiger partial charge in [-0.25, -0.2) is 4.39 Å². The van der Waals surface area contributed by atoms with Gasteiger partial charge in [0.15, 0.2) is 0 Å². The summed E-state index contributed by atoms with van der Waals surface area (Å²) in [6.07, 6.45) is 0.162. The summed E-state index contributed by atoms with van der Waals surface area (Å²) in [7, 11) is 0. The number of anilines is 2. The van der Waals surface area contributed by atoms with Gasteiger partial charge in [0.2, 0.25) is 11.8 Å². The average molecular weight is 312 g/mol. The zero-order chi connectivity index (χ0) is 16.4. The maximum Gasteiger partial charge on any atom is 0.229 e. The summed E-state index contributed by atoms with van der Waals surface area (Å²) in [5, 5.41) is 2.83. The Labute approximate surface area is 133 Å². The molecule has 0 radical (unpaired) electrons. The van der Waals surface area contributed by atoms with E-state index in [2.05, 4.69) is 5.32 Å². The van der Waals surface area contributed by atoms with Crippen LogP contribution in [0, 0.1) is 18.7 Å². The Morgan fingerprint density at radius 3 is 2.43 bits per heavy atom. The van der Waals surface area contributed by atoms with Gasteiger partial charge in [-0.1, -0.05) is 17.7 Å². The van der Waals surface area contributed by atoms with Crippen molar-refractivity contribution in [1.29, 1.82) is 0 Å². The van der Waals surface area contributed by atoms with Crippen LogP contribution in [0.4, 0.5) is 15.8 Å². The molecule has 3 rings (SSSR count). The second-order valence-corrected chi connectivity index (χ2v) is 5.74. The summed E-state index contributed by atoms with van der Waals surface area (Å²) in [6, 6.07) is 13.2. The maximum atomic E-state index is 13.0. The monoisotopic (exact) mass is 312 g/mol.